The van der Waals surface area contributed by atoms with Gasteiger partial charge in [-0.15, -0.1) is 0 Å². The lowest BCUT2D eigenvalue weighted by molar-refractivity contribution is -0.0734. The van der Waals surface area contributed by atoms with Gasteiger partial charge in [0.15, 0.2) is 0 Å². The molecule has 1 saturated carbocycles. The number of benzene rings is 1. The third-order valence-electron chi connectivity index (χ3n) is 5.88. The van der Waals surface area contributed by atoms with E-state index in [2.05, 4.69) is 5.87 Å². The number of alkyl halides is 2. The van der Waals surface area contributed by atoms with Crippen molar-refractivity contribution in [2.45, 2.75) is 44.4 Å². The Kier molecular flexibility index (Phi) is 6.87. The van der Waals surface area contributed by atoms with Gasteiger partial charge >= 0.3 is 0 Å². The number of carbonyl (C=O) groups is 1. The first kappa shape index (κ1) is 22.1. The summed E-state index contributed by atoms with van der Waals surface area (Å²) in [5, 5.41) is 0. The van der Waals surface area contributed by atoms with Crippen LogP contribution in [-0.4, -0.2) is 58.5 Å². The lowest BCUT2D eigenvalue weighted by atomic mass is 9.79. The van der Waals surface area contributed by atoms with E-state index < -0.39 is 15.4 Å². The van der Waals surface area contributed by atoms with E-state index in [9.17, 15) is 17.8 Å². The van der Waals surface area contributed by atoms with Crippen molar-refractivity contribution in [2.24, 2.45) is 11.8 Å². The molecule has 3 atom stereocenters. The van der Waals surface area contributed by atoms with E-state index >= 15 is 0 Å². The lowest BCUT2D eigenvalue weighted by Gasteiger charge is -2.36. The maximum atomic E-state index is 13.9. The highest BCUT2D eigenvalue weighted by Gasteiger charge is 2.42. The van der Waals surface area contributed by atoms with Crippen LogP contribution in [-0.2, 0) is 9.52 Å². The first-order valence-electron chi connectivity index (χ1n) is 10.3. The van der Waals surface area contributed by atoms with E-state index in [4.69, 9.17) is 4.74 Å². The molecule has 3 rings (SSSR count). The Hall–Kier alpha value is -1.63. The van der Waals surface area contributed by atoms with Gasteiger partial charge in [-0.3, -0.25) is 9.00 Å². The Bertz CT molecular complexity index is 802. The molecule has 4 nitrogen and oxygen atoms in total. The van der Waals surface area contributed by atoms with E-state index in [-0.39, 0.29) is 37.2 Å². The minimum absolute atomic E-state index is 0.0244. The third kappa shape index (κ3) is 6.43. The maximum absolute atomic E-state index is 13.9. The first-order valence-corrected chi connectivity index (χ1v) is 12.6. The molecule has 162 valence electrons. The van der Waals surface area contributed by atoms with Crippen molar-refractivity contribution in [3.63, 3.8) is 0 Å². The molecule has 1 aliphatic carbocycles. The number of likely N-dealkylation sites (tertiary alicyclic amines) is 1. The summed E-state index contributed by atoms with van der Waals surface area (Å²) < 4.78 is 45.7. The molecule has 1 aromatic carbocycles. The average Bonchev–Trinajstić information content (AvgIpc) is 2.67. The van der Waals surface area contributed by atoms with Crippen molar-refractivity contribution in [2.75, 3.05) is 31.7 Å². The van der Waals surface area contributed by atoms with Gasteiger partial charge in [0.1, 0.15) is 5.75 Å². The molecule has 1 amide bonds. The highest BCUT2D eigenvalue weighted by molar-refractivity contribution is 7.99. The number of halogens is 2. The highest BCUT2D eigenvalue weighted by Crippen LogP contribution is 2.41. The number of hydrogen-bond donors (Lipinski definition) is 0. The van der Waals surface area contributed by atoms with Crippen molar-refractivity contribution >= 4 is 21.3 Å². The van der Waals surface area contributed by atoms with Crippen molar-refractivity contribution in [3.05, 3.63) is 29.8 Å². The molecule has 0 bridgehead atoms. The largest absolute Gasteiger partial charge is 0.493 e. The van der Waals surface area contributed by atoms with Crippen LogP contribution in [0.25, 0.3) is 0 Å². The molecule has 2 fully saturated rings. The molecule has 0 aromatic heterocycles. The summed E-state index contributed by atoms with van der Waals surface area (Å²) >= 11 is 0. The van der Waals surface area contributed by atoms with Crippen molar-refractivity contribution in [1.82, 2.24) is 4.90 Å². The summed E-state index contributed by atoms with van der Waals surface area (Å²) in [4.78, 5) is 14.4. The molecule has 29 heavy (non-hydrogen) atoms. The maximum Gasteiger partial charge on any atom is 0.253 e. The Morgan fingerprint density at radius 2 is 1.86 bits per heavy atom. The molecule has 0 radical (unpaired) electrons. The number of piperidine rings is 1. The monoisotopic (exact) mass is 427 g/mol. The van der Waals surface area contributed by atoms with E-state index in [1.165, 1.54) is 6.42 Å². The number of amides is 1. The molecule has 1 aromatic rings. The highest BCUT2D eigenvalue weighted by atomic mass is 32.2. The Morgan fingerprint density at radius 1 is 1.21 bits per heavy atom. The van der Waals surface area contributed by atoms with Gasteiger partial charge in [-0.05, 0) is 71.3 Å². The first-order chi connectivity index (χ1) is 13.6. The zero-order chi connectivity index (χ0) is 21.1. The molecule has 1 heterocycles. The molecule has 7 heteroatoms. The molecule has 2 aliphatic rings. The second-order valence-corrected chi connectivity index (χ2v) is 11.4. The van der Waals surface area contributed by atoms with E-state index in [1.54, 1.807) is 30.5 Å². The van der Waals surface area contributed by atoms with Gasteiger partial charge in [0.2, 0.25) is 5.92 Å². The van der Waals surface area contributed by atoms with Crippen LogP contribution in [0.4, 0.5) is 8.78 Å². The van der Waals surface area contributed by atoms with E-state index in [0.29, 0.717) is 23.5 Å². The van der Waals surface area contributed by atoms with Gasteiger partial charge in [-0.25, -0.2) is 8.78 Å². The fourth-order valence-corrected chi connectivity index (χ4v) is 5.67. The summed E-state index contributed by atoms with van der Waals surface area (Å²) in [7, 11) is -2.25. The summed E-state index contributed by atoms with van der Waals surface area (Å²) in [5.74, 6) is 1.46. The molecule has 0 N–H and O–H groups in total. The number of carbonyl (C=O) groups excluding carboxylic acids is 1. The summed E-state index contributed by atoms with van der Waals surface area (Å²) in [6.45, 7) is 1.73. The Balaban J connectivity index is 1.60. The normalized spacial score (nSPS) is 26.5. The Labute approximate surface area is 172 Å². The van der Waals surface area contributed by atoms with Gasteiger partial charge in [0.25, 0.3) is 5.91 Å². The zero-order valence-electron chi connectivity index (χ0n) is 17.1. The number of nitrogens with zero attached hydrogens (tertiary/aromatic N) is 1. The molecule has 1 saturated heterocycles. The van der Waals surface area contributed by atoms with Crippen molar-refractivity contribution in [1.29, 1.82) is 0 Å². The SMILES string of the molecule is C=S(C)(=O)C[C@H]1CCC(F)(F)C[C@@H]1COc1ccc(C(=O)N2CCCCC2)cc1. The predicted octanol–water partition coefficient (Wildman–Crippen LogP) is 4.09. The minimum atomic E-state index is -2.70. The van der Waals surface area contributed by atoms with Crippen molar-refractivity contribution < 1.29 is 22.5 Å². The Morgan fingerprint density at radius 3 is 2.48 bits per heavy atom. The van der Waals surface area contributed by atoms with Crippen LogP contribution in [0.5, 0.6) is 5.75 Å². The lowest BCUT2D eigenvalue weighted by Crippen LogP contribution is -2.38. The van der Waals surface area contributed by atoms with Crippen LogP contribution < -0.4 is 4.74 Å². The van der Waals surface area contributed by atoms with Crippen LogP contribution >= 0.6 is 0 Å². The minimum Gasteiger partial charge on any atom is -0.493 e. The zero-order valence-corrected chi connectivity index (χ0v) is 17.9. The second kappa shape index (κ2) is 9.02. The summed E-state index contributed by atoms with van der Waals surface area (Å²) in [6.07, 6.45) is 4.74. The molecule has 1 unspecified atom stereocenters. The van der Waals surface area contributed by atoms with Gasteiger partial charge < -0.3 is 9.64 Å². The predicted molar refractivity (Wildman–Crippen MR) is 114 cm³/mol. The van der Waals surface area contributed by atoms with Gasteiger partial charge in [0.05, 0.1) is 6.61 Å². The van der Waals surface area contributed by atoms with Crippen LogP contribution in [0, 0.1) is 11.8 Å². The van der Waals surface area contributed by atoms with Crippen molar-refractivity contribution in [3.8, 4) is 5.75 Å². The fourth-order valence-electron chi connectivity index (χ4n) is 4.33. The standard InChI is InChI=1S/C22H31F2NO3S/c1-29(2,27)16-18-10-11-22(23,24)14-19(18)15-28-20-8-6-17(7-9-20)21(26)25-12-4-3-5-13-25/h6-9,18-19H,1,3-5,10-16H2,2H3/t18-,19-,29?/m1/s1. The quantitative estimate of drug-likeness (QED) is 0.643. The third-order valence-corrected chi connectivity index (χ3v) is 7.02. The fraction of sp³-hybridized carbons (Fsp3) is 0.636. The second-order valence-electron chi connectivity index (χ2n) is 8.66. The van der Waals surface area contributed by atoms with Crippen LogP contribution in [0.15, 0.2) is 24.3 Å². The summed E-state index contributed by atoms with van der Waals surface area (Å²) in [6, 6.07) is 6.90. The molecule has 1 aliphatic heterocycles. The van der Waals surface area contributed by atoms with E-state index in [0.717, 1.165) is 25.9 Å². The molecular formula is C22H31F2NO3S. The van der Waals surface area contributed by atoms with Gasteiger partial charge in [0, 0.05) is 49.4 Å². The smallest absolute Gasteiger partial charge is 0.253 e. The molecule has 0 spiro atoms. The van der Waals surface area contributed by atoms with Gasteiger partial charge in [-0.2, -0.15) is 0 Å². The summed E-state index contributed by atoms with van der Waals surface area (Å²) in [5.41, 5.74) is 0.615. The topological polar surface area (TPSA) is 46.6 Å². The number of rotatable bonds is 6. The number of hydrogen-bond acceptors (Lipinski definition) is 3. The van der Waals surface area contributed by atoms with Crippen LogP contribution in [0.1, 0.15) is 48.9 Å². The van der Waals surface area contributed by atoms with E-state index in [1.807, 2.05) is 4.90 Å². The molecular weight excluding hydrogens is 396 g/mol. The number of ether oxygens (including phenoxy) is 1. The average molecular weight is 428 g/mol. The van der Waals surface area contributed by atoms with Gasteiger partial charge in [-0.1, -0.05) is 0 Å². The van der Waals surface area contributed by atoms with Crippen LogP contribution in [0.3, 0.4) is 0 Å². The van der Waals surface area contributed by atoms with Crippen LogP contribution in [0.2, 0.25) is 0 Å².